The Morgan fingerprint density at radius 2 is 1.95 bits per heavy atom. The molecule has 0 unspecified atom stereocenters. The Labute approximate surface area is 128 Å². The van der Waals surface area contributed by atoms with Crippen LogP contribution in [0.15, 0.2) is 53.3 Å². The number of halogens is 2. The van der Waals surface area contributed by atoms with Crippen molar-refractivity contribution in [2.45, 2.75) is 6.54 Å². The van der Waals surface area contributed by atoms with Gasteiger partial charge in [0.25, 0.3) is 0 Å². The highest BCUT2D eigenvalue weighted by atomic mass is 79.9. The first-order valence-corrected chi connectivity index (χ1v) is 7.03. The van der Waals surface area contributed by atoms with E-state index in [0.29, 0.717) is 11.0 Å². The van der Waals surface area contributed by atoms with Gasteiger partial charge in [-0.3, -0.25) is 0 Å². The molecule has 0 aliphatic carbocycles. The Bertz CT molecular complexity index is 728. The summed E-state index contributed by atoms with van der Waals surface area (Å²) in [6.45, 7) is 0.614. The smallest absolute Gasteiger partial charge is 0.143 e. The van der Waals surface area contributed by atoms with Gasteiger partial charge in [0, 0.05) is 12.2 Å². The molecule has 1 aromatic heterocycles. The Morgan fingerprint density at radius 3 is 2.62 bits per heavy atom. The van der Waals surface area contributed by atoms with Crippen LogP contribution in [0.2, 0.25) is 0 Å². The van der Waals surface area contributed by atoms with E-state index < -0.39 is 0 Å². The summed E-state index contributed by atoms with van der Waals surface area (Å²) >= 11 is 3.18. The lowest BCUT2D eigenvalue weighted by Crippen LogP contribution is -2.00. The highest BCUT2D eigenvalue weighted by molar-refractivity contribution is 9.10. The molecule has 0 fully saturated rings. The average Bonchev–Trinajstić information content (AvgIpc) is 3.03. The maximum Gasteiger partial charge on any atom is 0.143 e. The van der Waals surface area contributed by atoms with Crippen LogP contribution in [0.3, 0.4) is 0 Å². The molecule has 1 heterocycles. The van der Waals surface area contributed by atoms with Crippen LogP contribution in [0.5, 0.6) is 0 Å². The SMILES string of the molecule is Fc1ccc(CNc2ccc(-n3cnnn3)cc2)cc1Br. The summed E-state index contributed by atoms with van der Waals surface area (Å²) in [6.07, 6.45) is 1.54. The third kappa shape index (κ3) is 3.25. The van der Waals surface area contributed by atoms with Gasteiger partial charge in [0.15, 0.2) is 0 Å². The Balaban J connectivity index is 1.66. The molecule has 21 heavy (non-hydrogen) atoms. The molecule has 0 spiro atoms. The van der Waals surface area contributed by atoms with Gasteiger partial charge in [-0.1, -0.05) is 6.07 Å². The minimum atomic E-state index is -0.260. The van der Waals surface area contributed by atoms with E-state index in [4.69, 9.17) is 0 Å². The average molecular weight is 348 g/mol. The molecule has 1 N–H and O–H groups in total. The monoisotopic (exact) mass is 347 g/mol. The lowest BCUT2D eigenvalue weighted by molar-refractivity contribution is 0.620. The zero-order valence-corrected chi connectivity index (χ0v) is 12.5. The maximum absolute atomic E-state index is 13.2. The molecule has 2 aromatic carbocycles. The molecule has 0 saturated heterocycles. The van der Waals surface area contributed by atoms with Crippen LogP contribution < -0.4 is 5.32 Å². The van der Waals surface area contributed by atoms with Crippen molar-refractivity contribution in [3.63, 3.8) is 0 Å². The second kappa shape index (κ2) is 6.01. The van der Waals surface area contributed by atoms with Gasteiger partial charge >= 0.3 is 0 Å². The highest BCUT2D eigenvalue weighted by Crippen LogP contribution is 2.18. The van der Waals surface area contributed by atoms with Crippen molar-refractivity contribution >= 4 is 21.6 Å². The summed E-state index contributed by atoms with van der Waals surface area (Å²) in [5, 5.41) is 14.3. The van der Waals surface area contributed by atoms with Gasteiger partial charge < -0.3 is 5.32 Å². The van der Waals surface area contributed by atoms with Gasteiger partial charge in [0.1, 0.15) is 12.1 Å². The molecule has 106 valence electrons. The number of tetrazole rings is 1. The molecule has 0 radical (unpaired) electrons. The maximum atomic E-state index is 13.2. The Kier molecular flexibility index (Phi) is 3.92. The third-order valence-electron chi connectivity index (χ3n) is 2.96. The first-order valence-electron chi connectivity index (χ1n) is 6.23. The summed E-state index contributed by atoms with van der Waals surface area (Å²) in [7, 11) is 0. The van der Waals surface area contributed by atoms with Crippen LogP contribution in [-0.4, -0.2) is 20.2 Å². The van der Waals surface area contributed by atoms with E-state index in [0.717, 1.165) is 16.9 Å². The standard InChI is InChI=1S/C14H11BrFN5/c15-13-7-10(1-6-14(13)16)8-17-11-2-4-12(5-3-11)21-9-18-19-20-21/h1-7,9,17H,8H2. The van der Waals surface area contributed by atoms with Crippen molar-refractivity contribution in [1.82, 2.24) is 20.2 Å². The van der Waals surface area contributed by atoms with Crippen molar-refractivity contribution < 1.29 is 4.39 Å². The number of anilines is 1. The number of benzene rings is 2. The topological polar surface area (TPSA) is 55.6 Å². The molecular weight excluding hydrogens is 337 g/mol. The van der Waals surface area contributed by atoms with Crippen LogP contribution in [0.4, 0.5) is 10.1 Å². The van der Waals surface area contributed by atoms with Crippen LogP contribution in [0, 0.1) is 5.82 Å². The molecule has 0 aliphatic rings. The van der Waals surface area contributed by atoms with Gasteiger partial charge in [0.05, 0.1) is 10.2 Å². The van der Waals surface area contributed by atoms with Gasteiger partial charge in [-0.05, 0) is 68.3 Å². The normalized spacial score (nSPS) is 10.6. The van der Waals surface area contributed by atoms with Gasteiger partial charge in [-0.15, -0.1) is 5.10 Å². The predicted molar refractivity (Wildman–Crippen MR) is 80.6 cm³/mol. The molecule has 7 heteroatoms. The van der Waals surface area contributed by atoms with E-state index in [9.17, 15) is 4.39 Å². The van der Waals surface area contributed by atoms with Gasteiger partial charge in [-0.2, -0.15) is 0 Å². The highest BCUT2D eigenvalue weighted by Gasteiger charge is 2.01. The molecule has 3 aromatic rings. The van der Waals surface area contributed by atoms with Crippen LogP contribution in [0.25, 0.3) is 5.69 Å². The quantitative estimate of drug-likeness (QED) is 0.787. The van der Waals surface area contributed by atoms with Crippen molar-refractivity contribution in [2.75, 3.05) is 5.32 Å². The Morgan fingerprint density at radius 1 is 1.14 bits per heavy atom. The summed E-state index contributed by atoms with van der Waals surface area (Å²) < 4.78 is 15.2. The lowest BCUT2D eigenvalue weighted by atomic mass is 10.2. The molecule has 0 saturated carbocycles. The number of nitrogens with one attached hydrogen (secondary N) is 1. The van der Waals surface area contributed by atoms with Crippen LogP contribution in [-0.2, 0) is 6.54 Å². The fraction of sp³-hybridized carbons (Fsp3) is 0.0714. The van der Waals surface area contributed by atoms with E-state index in [2.05, 4.69) is 36.8 Å². The molecule has 0 bridgehead atoms. The lowest BCUT2D eigenvalue weighted by Gasteiger charge is -2.08. The minimum absolute atomic E-state index is 0.260. The van der Waals surface area contributed by atoms with E-state index in [1.54, 1.807) is 23.1 Å². The zero-order valence-electron chi connectivity index (χ0n) is 10.9. The van der Waals surface area contributed by atoms with E-state index >= 15 is 0 Å². The van der Waals surface area contributed by atoms with Crippen LogP contribution >= 0.6 is 15.9 Å². The molecular formula is C14H11BrFN5. The predicted octanol–water partition coefficient (Wildman–Crippen LogP) is 3.18. The third-order valence-corrected chi connectivity index (χ3v) is 3.57. The number of rotatable bonds is 4. The minimum Gasteiger partial charge on any atom is -0.381 e. The molecule has 0 atom stereocenters. The van der Waals surface area contributed by atoms with Gasteiger partial charge in [0.2, 0.25) is 0 Å². The molecule has 5 nitrogen and oxygen atoms in total. The van der Waals surface area contributed by atoms with Crippen molar-refractivity contribution in [3.05, 3.63) is 64.6 Å². The number of nitrogens with zero attached hydrogens (tertiary/aromatic N) is 4. The first kappa shape index (κ1) is 13.7. The summed E-state index contributed by atoms with van der Waals surface area (Å²) in [4.78, 5) is 0. The number of hydrogen-bond acceptors (Lipinski definition) is 4. The largest absolute Gasteiger partial charge is 0.381 e. The zero-order chi connectivity index (χ0) is 14.7. The second-order valence-corrected chi connectivity index (χ2v) is 5.26. The molecule has 0 amide bonds. The van der Waals surface area contributed by atoms with Crippen molar-refractivity contribution in [3.8, 4) is 5.69 Å². The first-order chi connectivity index (χ1) is 10.2. The van der Waals surface area contributed by atoms with Crippen LogP contribution in [0.1, 0.15) is 5.56 Å². The fourth-order valence-corrected chi connectivity index (χ4v) is 2.29. The van der Waals surface area contributed by atoms with Crippen molar-refractivity contribution in [1.29, 1.82) is 0 Å². The van der Waals surface area contributed by atoms with E-state index in [1.165, 1.54) is 6.07 Å². The summed E-state index contributed by atoms with van der Waals surface area (Å²) in [6, 6.07) is 12.7. The van der Waals surface area contributed by atoms with E-state index in [-0.39, 0.29) is 5.82 Å². The summed E-state index contributed by atoms with van der Waals surface area (Å²) in [5.74, 6) is -0.260. The molecule has 3 rings (SSSR count). The number of hydrogen-bond donors (Lipinski definition) is 1. The van der Waals surface area contributed by atoms with Gasteiger partial charge in [-0.25, -0.2) is 9.07 Å². The molecule has 0 aliphatic heterocycles. The second-order valence-electron chi connectivity index (χ2n) is 4.40. The summed E-state index contributed by atoms with van der Waals surface area (Å²) in [5.41, 5.74) is 2.84. The number of aromatic nitrogens is 4. The van der Waals surface area contributed by atoms with Crippen molar-refractivity contribution in [2.24, 2.45) is 0 Å². The van der Waals surface area contributed by atoms with E-state index in [1.807, 2.05) is 24.3 Å². The Hall–Kier alpha value is -2.28. The fourth-order valence-electron chi connectivity index (χ4n) is 1.87.